The Bertz CT molecular complexity index is 390. The number of benzene rings is 1. The molecule has 74 valence electrons. The summed E-state index contributed by atoms with van der Waals surface area (Å²) in [6.07, 6.45) is -0.123. The minimum atomic E-state index is -1.16. The van der Waals surface area contributed by atoms with Crippen molar-refractivity contribution in [3.63, 3.8) is 0 Å². The molecule has 0 atom stereocenters. The first-order valence-corrected chi connectivity index (χ1v) is 4.19. The van der Waals surface area contributed by atoms with Crippen LogP contribution in [-0.2, 0) is 11.2 Å². The van der Waals surface area contributed by atoms with Gasteiger partial charge >= 0.3 is 5.97 Å². The fraction of sp³-hybridized carbons (Fsp3) is 0.111. The summed E-state index contributed by atoms with van der Waals surface area (Å²) in [5.41, 5.74) is 5.24. The van der Waals surface area contributed by atoms with Crippen molar-refractivity contribution in [3.05, 3.63) is 34.3 Å². The zero-order valence-electron chi connectivity index (χ0n) is 7.16. The Labute approximate surface area is 85.3 Å². The predicted octanol–water partition coefficient (Wildman–Crippen LogP) is 1.07. The van der Waals surface area contributed by atoms with Gasteiger partial charge in [-0.15, -0.1) is 0 Å². The van der Waals surface area contributed by atoms with E-state index in [0.29, 0.717) is 5.56 Å². The molecule has 0 spiro atoms. The highest BCUT2D eigenvalue weighted by atomic mass is 35.5. The van der Waals surface area contributed by atoms with E-state index in [1.165, 1.54) is 12.1 Å². The molecular formula is C9H8ClNO3. The Kier molecular flexibility index (Phi) is 3.09. The van der Waals surface area contributed by atoms with E-state index in [-0.39, 0.29) is 17.0 Å². The van der Waals surface area contributed by atoms with Crippen LogP contribution in [0.15, 0.2) is 18.2 Å². The van der Waals surface area contributed by atoms with Crippen LogP contribution in [0.5, 0.6) is 0 Å². The van der Waals surface area contributed by atoms with Gasteiger partial charge in [-0.05, 0) is 11.6 Å². The van der Waals surface area contributed by atoms with Crippen molar-refractivity contribution < 1.29 is 14.7 Å². The molecule has 0 saturated carbocycles. The van der Waals surface area contributed by atoms with E-state index >= 15 is 0 Å². The number of aromatic carboxylic acids is 1. The lowest BCUT2D eigenvalue weighted by Crippen LogP contribution is -2.16. The summed E-state index contributed by atoms with van der Waals surface area (Å²) in [7, 11) is 0. The van der Waals surface area contributed by atoms with Crippen LogP contribution in [0.1, 0.15) is 15.9 Å². The average molecular weight is 214 g/mol. The Balaban J connectivity index is 3.21. The zero-order valence-corrected chi connectivity index (χ0v) is 7.91. The molecule has 5 heteroatoms. The number of amides is 1. The Morgan fingerprint density at radius 1 is 1.43 bits per heavy atom. The van der Waals surface area contributed by atoms with Crippen LogP contribution in [0.3, 0.4) is 0 Å². The van der Waals surface area contributed by atoms with E-state index in [2.05, 4.69) is 0 Å². The van der Waals surface area contributed by atoms with Gasteiger partial charge in [0.25, 0.3) is 0 Å². The van der Waals surface area contributed by atoms with Crippen molar-refractivity contribution in [1.82, 2.24) is 0 Å². The molecule has 0 saturated heterocycles. The molecule has 1 aromatic carbocycles. The van der Waals surface area contributed by atoms with Crippen molar-refractivity contribution in [1.29, 1.82) is 0 Å². The fourth-order valence-electron chi connectivity index (χ4n) is 1.14. The van der Waals surface area contributed by atoms with Crippen molar-refractivity contribution in [2.24, 2.45) is 5.73 Å². The van der Waals surface area contributed by atoms with Crippen LogP contribution < -0.4 is 5.73 Å². The van der Waals surface area contributed by atoms with Gasteiger partial charge in [0.2, 0.25) is 5.91 Å². The molecule has 0 heterocycles. The molecular weight excluding hydrogens is 206 g/mol. The number of carbonyl (C=O) groups is 2. The van der Waals surface area contributed by atoms with Gasteiger partial charge in [0, 0.05) is 0 Å². The summed E-state index contributed by atoms with van der Waals surface area (Å²) in [4.78, 5) is 21.4. The van der Waals surface area contributed by atoms with Crippen LogP contribution in [0.25, 0.3) is 0 Å². The first-order valence-electron chi connectivity index (χ1n) is 3.81. The molecule has 14 heavy (non-hydrogen) atoms. The average Bonchev–Trinajstić information content (AvgIpc) is 2.01. The number of carboxylic acid groups (broad SMARTS) is 1. The highest BCUT2D eigenvalue weighted by Crippen LogP contribution is 2.20. The number of carboxylic acids is 1. The Hall–Kier alpha value is -1.55. The monoisotopic (exact) mass is 213 g/mol. The molecule has 1 rings (SSSR count). The minimum absolute atomic E-state index is 0.0621. The standard InChI is InChI=1S/C9H8ClNO3/c10-6-3-1-2-5(4-7(11)12)8(6)9(13)14/h1-3H,4H2,(H2,11,12)(H,13,14). The first-order chi connectivity index (χ1) is 6.52. The Morgan fingerprint density at radius 2 is 2.07 bits per heavy atom. The van der Waals surface area contributed by atoms with Crippen molar-refractivity contribution in [3.8, 4) is 0 Å². The molecule has 0 fully saturated rings. The molecule has 1 amide bonds. The van der Waals surface area contributed by atoms with Crippen LogP contribution in [-0.4, -0.2) is 17.0 Å². The molecule has 0 aliphatic rings. The second kappa shape index (κ2) is 4.11. The van der Waals surface area contributed by atoms with E-state index < -0.39 is 11.9 Å². The lowest BCUT2D eigenvalue weighted by atomic mass is 10.0. The second-order valence-corrected chi connectivity index (χ2v) is 3.13. The van der Waals surface area contributed by atoms with Gasteiger partial charge in [0.1, 0.15) is 0 Å². The summed E-state index contributed by atoms with van der Waals surface area (Å²) in [6, 6.07) is 4.54. The molecule has 0 aliphatic carbocycles. The summed E-state index contributed by atoms with van der Waals surface area (Å²) in [5, 5.41) is 8.93. The highest BCUT2D eigenvalue weighted by molar-refractivity contribution is 6.33. The van der Waals surface area contributed by atoms with Crippen LogP contribution in [0, 0.1) is 0 Å². The fourth-order valence-corrected chi connectivity index (χ4v) is 1.42. The number of rotatable bonds is 3. The number of carbonyl (C=O) groups excluding carboxylic acids is 1. The van der Waals surface area contributed by atoms with E-state index in [0.717, 1.165) is 0 Å². The van der Waals surface area contributed by atoms with Crippen LogP contribution in [0.2, 0.25) is 5.02 Å². The molecule has 0 radical (unpaired) electrons. The first kappa shape index (κ1) is 10.5. The smallest absolute Gasteiger partial charge is 0.337 e. The summed E-state index contributed by atoms with van der Waals surface area (Å²) < 4.78 is 0. The van der Waals surface area contributed by atoms with Gasteiger partial charge in [-0.3, -0.25) is 4.79 Å². The molecule has 0 aliphatic heterocycles. The van der Waals surface area contributed by atoms with Gasteiger partial charge in [0.05, 0.1) is 17.0 Å². The van der Waals surface area contributed by atoms with Gasteiger partial charge in [0.15, 0.2) is 0 Å². The van der Waals surface area contributed by atoms with E-state index in [1.54, 1.807) is 6.07 Å². The molecule has 0 bridgehead atoms. The van der Waals surface area contributed by atoms with Crippen molar-refractivity contribution in [2.75, 3.05) is 0 Å². The van der Waals surface area contributed by atoms with Gasteiger partial charge < -0.3 is 10.8 Å². The number of hydrogen-bond acceptors (Lipinski definition) is 2. The number of nitrogens with two attached hydrogens (primary N) is 1. The van der Waals surface area contributed by atoms with E-state index in [1.807, 2.05) is 0 Å². The maximum Gasteiger partial charge on any atom is 0.337 e. The third kappa shape index (κ3) is 2.23. The summed E-state index contributed by atoms with van der Waals surface area (Å²) in [6.45, 7) is 0. The maximum absolute atomic E-state index is 10.8. The predicted molar refractivity (Wildman–Crippen MR) is 51.3 cm³/mol. The Morgan fingerprint density at radius 3 is 2.57 bits per heavy atom. The largest absolute Gasteiger partial charge is 0.478 e. The third-order valence-corrected chi connectivity index (χ3v) is 1.99. The molecule has 3 N–H and O–H groups in total. The molecule has 0 unspecified atom stereocenters. The SMILES string of the molecule is NC(=O)Cc1cccc(Cl)c1C(=O)O. The van der Waals surface area contributed by atoms with Crippen molar-refractivity contribution >= 4 is 23.5 Å². The van der Waals surface area contributed by atoms with Crippen LogP contribution in [0.4, 0.5) is 0 Å². The molecule has 4 nitrogen and oxygen atoms in total. The van der Waals surface area contributed by atoms with Gasteiger partial charge in [-0.1, -0.05) is 23.7 Å². The summed E-state index contributed by atoms with van der Waals surface area (Å²) in [5.74, 6) is -1.75. The second-order valence-electron chi connectivity index (χ2n) is 2.72. The normalized spacial score (nSPS) is 9.79. The minimum Gasteiger partial charge on any atom is -0.478 e. The molecule has 0 aromatic heterocycles. The van der Waals surface area contributed by atoms with Crippen molar-refractivity contribution in [2.45, 2.75) is 6.42 Å². The van der Waals surface area contributed by atoms with Gasteiger partial charge in [-0.2, -0.15) is 0 Å². The van der Waals surface area contributed by atoms with Gasteiger partial charge in [-0.25, -0.2) is 4.79 Å². The van der Waals surface area contributed by atoms with E-state index in [4.69, 9.17) is 22.4 Å². The third-order valence-electron chi connectivity index (χ3n) is 1.68. The maximum atomic E-state index is 10.8. The topological polar surface area (TPSA) is 80.4 Å². The highest BCUT2D eigenvalue weighted by Gasteiger charge is 2.15. The quantitative estimate of drug-likeness (QED) is 0.788. The summed E-state index contributed by atoms with van der Waals surface area (Å²) >= 11 is 5.67. The number of halogens is 1. The van der Waals surface area contributed by atoms with Crippen LogP contribution >= 0.6 is 11.6 Å². The lowest BCUT2D eigenvalue weighted by molar-refractivity contribution is -0.117. The number of hydrogen-bond donors (Lipinski definition) is 2. The molecule has 1 aromatic rings. The zero-order chi connectivity index (χ0) is 10.7. The number of primary amides is 1. The van der Waals surface area contributed by atoms with E-state index in [9.17, 15) is 9.59 Å². The lowest BCUT2D eigenvalue weighted by Gasteiger charge is -2.04.